The van der Waals surface area contributed by atoms with Crippen LogP contribution in [0, 0.1) is 11.3 Å². The van der Waals surface area contributed by atoms with Gasteiger partial charge in [0, 0.05) is 5.56 Å². The third-order valence-corrected chi connectivity index (χ3v) is 3.28. The predicted molar refractivity (Wildman–Crippen MR) is 83.7 cm³/mol. The lowest BCUT2D eigenvalue weighted by Gasteiger charge is -2.11. The van der Waals surface area contributed by atoms with Crippen molar-refractivity contribution in [3.05, 3.63) is 23.3 Å². The van der Waals surface area contributed by atoms with Gasteiger partial charge in [-0.2, -0.15) is 5.26 Å². The monoisotopic (exact) mass is 319 g/mol. The molecular weight excluding hydrogens is 298 g/mol. The maximum absolute atomic E-state index is 12.1. The number of methoxy groups -OCH3 is 2. The van der Waals surface area contributed by atoms with Crippen LogP contribution in [0.3, 0.4) is 0 Å². The molecular formula is C17H21NO5. The number of carbonyl (C=O) groups is 2. The number of unbranched alkanes of at least 4 members (excludes halogenated alkanes) is 3. The molecule has 1 rings (SSSR count). The molecule has 0 atom stereocenters. The number of hydrogen-bond donors (Lipinski definition) is 0. The Balaban J connectivity index is 2.83. The second-order valence-corrected chi connectivity index (χ2v) is 4.90. The van der Waals surface area contributed by atoms with Gasteiger partial charge >= 0.3 is 5.97 Å². The van der Waals surface area contributed by atoms with Crippen molar-refractivity contribution in [3.8, 4) is 17.6 Å². The van der Waals surface area contributed by atoms with Gasteiger partial charge in [0.25, 0.3) is 5.78 Å². The SMILES string of the molecule is CCCCCCOC(=O)C(=O)c1cc(C#N)c(OC)c(OC)c1. The van der Waals surface area contributed by atoms with Crippen LogP contribution in [0.4, 0.5) is 0 Å². The minimum atomic E-state index is -0.933. The lowest BCUT2D eigenvalue weighted by molar-refractivity contribution is -0.138. The highest BCUT2D eigenvalue weighted by Gasteiger charge is 2.22. The fourth-order valence-electron chi connectivity index (χ4n) is 2.06. The molecule has 0 aromatic heterocycles. The third-order valence-electron chi connectivity index (χ3n) is 3.28. The van der Waals surface area contributed by atoms with Crippen molar-refractivity contribution in [2.24, 2.45) is 0 Å². The maximum atomic E-state index is 12.1. The fraction of sp³-hybridized carbons (Fsp3) is 0.471. The minimum absolute atomic E-state index is 0.0396. The zero-order chi connectivity index (χ0) is 17.2. The van der Waals surface area contributed by atoms with Crippen molar-refractivity contribution in [1.29, 1.82) is 5.26 Å². The van der Waals surface area contributed by atoms with E-state index in [1.165, 1.54) is 26.4 Å². The quantitative estimate of drug-likeness (QED) is 0.301. The van der Waals surface area contributed by atoms with Crippen LogP contribution in [0.1, 0.15) is 48.5 Å². The van der Waals surface area contributed by atoms with Crippen LogP contribution in [-0.2, 0) is 9.53 Å². The highest BCUT2D eigenvalue weighted by molar-refractivity contribution is 6.40. The largest absolute Gasteiger partial charge is 0.493 e. The van der Waals surface area contributed by atoms with Crippen LogP contribution >= 0.6 is 0 Å². The molecule has 6 nitrogen and oxygen atoms in total. The van der Waals surface area contributed by atoms with E-state index in [9.17, 15) is 9.59 Å². The van der Waals surface area contributed by atoms with Crippen LogP contribution in [0.15, 0.2) is 12.1 Å². The number of nitriles is 1. The summed E-state index contributed by atoms with van der Waals surface area (Å²) in [6, 6.07) is 4.57. The summed E-state index contributed by atoms with van der Waals surface area (Å²) >= 11 is 0. The summed E-state index contributed by atoms with van der Waals surface area (Å²) in [5.74, 6) is -1.30. The van der Waals surface area contributed by atoms with Gasteiger partial charge in [0.05, 0.1) is 26.4 Å². The van der Waals surface area contributed by atoms with Crippen molar-refractivity contribution in [1.82, 2.24) is 0 Å². The summed E-state index contributed by atoms with van der Waals surface area (Å²) in [6.45, 7) is 2.29. The molecule has 0 N–H and O–H groups in total. The minimum Gasteiger partial charge on any atom is -0.493 e. The number of ether oxygens (including phenoxy) is 3. The molecule has 0 aliphatic heterocycles. The molecule has 0 radical (unpaired) electrons. The van der Waals surface area contributed by atoms with Crippen molar-refractivity contribution in [2.75, 3.05) is 20.8 Å². The van der Waals surface area contributed by atoms with Gasteiger partial charge in [-0.05, 0) is 18.6 Å². The van der Waals surface area contributed by atoms with Crippen molar-refractivity contribution in [2.45, 2.75) is 32.6 Å². The number of Topliss-reactive ketones (excluding diaryl/α,β-unsaturated/α-hetero) is 1. The van der Waals surface area contributed by atoms with Gasteiger partial charge in [0.1, 0.15) is 6.07 Å². The van der Waals surface area contributed by atoms with Crippen molar-refractivity contribution >= 4 is 11.8 Å². The first-order valence-electron chi connectivity index (χ1n) is 7.46. The number of carbonyl (C=O) groups excluding carboxylic acids is 2. The van der Waals surface area contributed by atoms with E-state index >= 15 is 0 Å². The Labute approximate surface area is 136 Å². The van der Waals surface area contributed by atoms with Gasteiger partial charge in [-0.25, -0.2) is 4.79 Å². The molecule has 0 saturated heterocycles. The van der Waals surface area contributed by atoms with Gasteiger partial charge in [-0.15, -0.1) is 0 Å². The summed E-state index contributed by atoms with van der Waals surface area (Å²) in [5, 5.41) is 9.13. The summed E-state index contributed by atoms with van der Waals surface area (Å²) < 4.78 is 15.1. The van der Waals surface area contributed by atoms with Gasteiger partial charge in [-0.3, -0.25) is 4.79 Å². The molecule has 0 spiro atoms. The molecule has 6 heteroatoms. The Morgan fingerprint density at radius 3 is 2.43 bits per heavy atom. The van der Waals surface area contributed by atoms with Gasteiger partial charge in [-0.1, -0.05) is 26.2 Å². The van der Waals surface area contributed by atoms with Crippen LogP contribution in [0.2, 0.25) is 0 Å². The summed E-state index contributed by atoms with van der Waals surface area (Å²) in [7, 11) is 2.78. The molecule has 0 fully saturated rings. The highest BCUT2D eigenvalue weighted by atomic mass is 16.5. The van der Waals surface area contributed by atoms with E-state index in [-0.39, 0.29) is 29.2 Å². The first-order chi connectivity index (χ1) is 11.1. The molecule has 0 bridgehead atoms. The molecule has 0 aliphatic carbocycles. The number of nitrogens with zero attached hydrogens (tertiary/aromatic N) is 1. The first-order valence-corrected chi connectivity index (χ1v) is 7.46. The van der Waals surface area contributed by atoms with E-state index in [4.69, 9.17) is 19.5 Å². The predicted octanol–water partition coefficient (Wildman–Crippen LogP) is 2.88. The van der Waals surface area contributed by atoms with E-state index in [0.29, 0.717) is 0 Å². The number of rotatable bonds is 9. The summed E-state index contributed by atoms with van der Waals surface area (Å²) in [5.41, 5.74) is 0.156. The van der Waals surface area contributed by atoms with Crippen LogP contribution < -0.4 is 9.47 Å². The first kappa shape index (κ1) is 18.5. The third kappa shape index (κ3) is 4.99. The van der Waals surface area contributed by atoms with Crippen molar-refractivity contribution in [3.63, 3.8) is 0 Å². The molecule has 23 heavy (non-hydrogen) atoms. The molecule has 0 heterocycles. The Kier molecular flexibility index (Phi) is 7.61. The number of ketones is 1. The molecule has 1 aromatic carbocycles. The van der Waals surface area contributed by atoms with Gasteiger partial charge < -0.3 is 14.2 Å². The molecule has 124 valence electrons. The summed E-state index contributed by atoms with van der Waals surface area (Å²) in [6.07, 6.45) is 3.82. The van der Waals surface area contributed by atoms with Gasteiger partial charge in [0.15, 0.2) is 11.5 Å². The number of esters is 1. The van der Waals surface area contributed by atoms with Gasteiger partial charge in [0.2, 0.25) is 0 Å². The van der Waals surface area contributed by atoms with E-state index in [2.05, 4.69) is 6.92 Å². The molecule has 1 aromatic rings. The smallest absolute Gasteiger partial charge is 0.379 e. The zero-order valence-electron chi connectivity index (χ0n) is 13.7. The molecule has 0 amide bonds. The molecule has 0 saturated carbocycles. The summed E-state index contributed by atoms with van der Waals surface area (Å²) in [4.78, 5) is 23.9. The lowest BCUT2D eigenvalue weighted by atomic mass is 10.1. The van der Waals surface area contributed by atoms with E-state index in [0.717, 1.165) is 25.7 Å². The second kappa shape index (κ2) is 9.46. The van der Waals surface area contributed by atoms with Crippen molar-refractivity contribution < 1.29 is 23.8 Å². The van der Waals surface area contributed by atoms with E-state index in [1.807, 2.05) is 6.07 Å². The Morgan fingerprint density at radius 1 is 1.13 bits per heavy atom. The number of benzene rings is 1. The second-order valence-electron chi connectivity index (χ2n) is 4.90. The van der Waals surface area contributed by atoms with E-state index in [1.54, 1.807) is 0 Å². The average molecular weight is 319 g/mol. The lowest BCUT2D eigenvalue weighted by Crippen LogP contribution is -2.18. The number of hydrogen-bond acceptors (Lipinski definition) is 6. The topological polar surface area (TPSA) is 85.6 Å². The Morgan fingerprint density at radius 2 is 1.87 bits per heavy atom. The maximum Gasteiger partial charge on any atom is 0.379 e. The standard InChI is InChI=1S/C17H21NO5/c1-4-5-6-7-8-23-17(20)15(19)12-9-13(11-18)16(22-3)14(10-12)21-2/h9-10H,4-8H2,1-3H3. The average Bonchev–Trinajstić information content (AvgIpc) is 2.59. The molecule has 0 unspecified atom stereocenters. The van der Waals surface area contributed by atoms with E-state index < -0.39 is 11.8 Å². The molecule has 0 aliphatic rings. The van der Waals surface area contributed by atoms with Crippen LogP contribution in [0.5, 0.6) is 11.5 Å². The Bertz CT molecular complexity index is 604. The van der Waals surface area contributed by atoms with Crippen LogP contribution in [0.25, 0.3) is 0 Å². The Hall–Kier alpha value is -2.55. The highest BCUT2D eigenvalue weighted by Crippen LogP contribution is 2.32. The normalized spacial score (nSPS) is 9.83. The zero-order valence-corrected chi connectivity index (χ0v) is 13.7. The van der Waals surface area contributed by atoms with Crippen LogP contribution in [-0.4, -0.2) is 32.6 Å². The fourth-order valence-corrected chi connectivity index (χ4v) is 2.06.